The van der Waals surface area contributed by atoms with E-state index >= 15 is 0 Å². The molecule has 2 aromatic carbocycles. The molecule has 2 aromatic rings. The lowest BCUT2D eigenvalue weighted by Gasteiger charge is -2.18. The molecule has 2 rings (SSSR count). The summed E-state index contributed by atoms with van der Waals surface area (Å²) in [4.78, 5) is 37.5. The van der Waals surface area contributed by atoms with Crippen LogP contribution in [0, 0.1) is 0 Å². The number of hydrogen-bond acceptors (Lipinski definition) is 7. The maximum Gasteiger partial charge on any atom is 0.329 e. The number of methoxy groups -OCH3 is 2. The van der Waals surface area contributed by atoms with Gasteiger partial charge in [0.2, 0.25) is 0 Å². The summed E-state index contributed by atoms with van der Waals surface area (Å²) in [5, 5.41) is 3.18. The van der Waals surface area contributed by atoms with Gasteiger partial charge in [-0.2, -0.15) is 11.8 Å². The average Bonchev–Trinajstić information content (AvgIpc) is 2.79. The summed E-state index contributed by atoms with van der Waals surface area (Å²) in [7, 11) is 2.97. The fourth-order valence-corrected chi connectivity index (χ4v) is 3.26. The number of ketones is 1. The van der Waals surface area contributed by atoms with E-state index in [9.17, 15) is 14.4 Å². The second-order valence-corrected chi connectivity index (χ2v) is 7.84. The first-order valence-electron chi connectivity index (χ1n) is 9.36. The number of hydrogen-bond donors (Lipinski definition) is 1. The molecule has 31 heavy (non-hydrogen) atoms. The van der Waals surface area contributed by atoms with E-state index in [1.165, 1.54) is 32.0 Å². The first-order chi connectivity index (χ1) is 14.9. The Morgan fingerprint density at radius 2 is 1.65 bits per heavy atom. The van der Waals surface area contributed by atoms with Gasteiger partial charge < -0.3 is 19.5 Å². The summed E-state index contributed by atoms with van der Waals surface area (Å²) in [5.41, 5.74) is 0.684. The highest BCUT2D eigenvalue weighted by Gasteiger charge is 2.24. The van der Waals surface area contributed by atoms with E-state index in [1.807, 2.05) is 6.26 Å². The Morgan fingerprint density at radius 3 is 2.26 bits per heavy atom. The van der Waals surface area contributed by atoms with E-state index in [1.54, 1.807) is 36.4 Å². The lowest BCUT2D eigenvalue weighted by atomic mass is 10.1. The van der Waals surface area contributed by atoms with Crippen molar-refractivity contribution in [2.45, 2.75) is 12.5 Å². The molecule has 0 aliphatic carbocycles. The third-order valence-electron chi connectivity index (χ3n) is 4.36. The van der Waals surface area contributed by atoms with Gasteiger partial charge in [-0.3, -0.25) is 9.59 Å². The number of nitrogens with one attached hydrogen (secondary N) is 1. The zero-order valence-corrected chi connectivity index (χ0v) is 19.0. The Labute approximate surface area is 190 Å². The minimum atomic E-state index is -0.897. The zero-order chi connectivity index (χ0) is 22.8. The maximum absolute atomic E-state index is 12.7. The third kappa shape index (κ3) is 7.18. The summed E-state index contributed by atoms with van der Waals surface area (Å²) in [5.74, 6) is 0.0000328. The van der Waals surface area contributed by atoms with Crippen molar-refractivity contribution < 1.29 is 28.6 Å². The van der Waals surface area contributed by atoms with Crippen molar-refractivity contribution in [3.05, 3.63) is 58.6 Å². The maximum atomic E-state index is 12.7. The molecule has 0 aliphatic rings. The molecule has 0 aromatic heterocycles. The molecule has 1 atom stereocenters. The van der Waals surface area contributed by atoms with Crippen molar-refractivity contribution in [1.82, 2.24) is 5.32 Å². The average molecular weight is 466 g/mol. The predicted octanol–water partition coefficient (Wildman–Crippen LogP) is 3.63. The van der Waals surface area contributed by atoms with Crippen molar-refractivity contribution in [3.8, 4) is 11.5 Å². The molecule has 0 saturated heterocycles. The molecule has 1 amide bonds. The molecular weight excluding hydrogens is 442 g/mol. The van der Waals surface area contributed by atoms with E-state index in [-0.39, 0.29) is 5.78 Å². The van der Waals surface area contributed by atoms with Crippen LogP contribution in [0.25, 0.3) is 0 Å². The van der Waals surface area contributed by atoms with Crippen molar-refractivity contribution in [1.29, 1.82) is 0 Å². The summed E-state index contributed by atoms with van der Waals surface area (Å²) >= 11 is 7.34. The Kier molecular flexibility index (Phi) is 9.68. The van der Waals surface area contributed by atoms with Crippen LogP contribution in [-0.4, -0.2) is 56.5 Å². The molecule has 1 unspecified atom stereocenters. The van der Waals surface area contributed by atoms with E-state index in [0.29, 0.717) is 39.8 Å². The number of ether oxygens (including phenoxy) is 3. The third-order valence-corrected chi connectivity index (χ3v) is 5.25. The van der Waals surface area contributed by atoms with Gasteiger partial charge in [-0.15, -0.1) is 0 Å². The number of thioether (sulfide) groups is 1. The first kappa shape index (κ1) is 24.6. The standard InChI is InChI=1S/C22H24ClNO6S/c1-28-19-9-6-15(12-20(19)29-2)21(26)24-17(10-11-31-3)22(27)30-13-18(25)14-4-7-16(23)8-5-14/h4-9,12,17H,10-11,13H2,1-3H3,(H,24,26). The van der Waals surface area contributed by atoms with E-state index in [0.717, 1.165) is 0 Å². The topological polar surface area (TPSA) is 90.9 Å². The number of esters is 1. The molecule has 0 fully saturated rings. The van der Waals surface area contributed by atoms with Crippen LogP contribution in [0.3, 0.4) is 0 Å². The van der Waals surface area contributed by atoms with Gasteiger partial charge in [-0.25, -0.2) is 4.79 Å². The van der Waals surface area contributed by atoms with Crippen molar-refractivity contribution >= 4 is 41.0 Å². The van der Waals surface area contributed by atoms with Crippen LogP contribution in [0.15, 0.2) is 42.5 Å². The Hall–Kier alpha value is -2.71. The molecule has 166 valence electrons. The van der Waals surface area contributed by atoms with Crippen molar-refractivity contribution in [3.63, 3.8) is 0 Å². The normalized spacial score (nSPS) is 11.4. The molecule has 7 nitrogen and oxygen atoms in total. The van der Waals surface area contributed by atoms with E-state index < -0.39 is 24.5 Å². The Bertz CT molecular complexity index is 919. The monoisotopic (exact) mass is 465 g/mol. The highest BCUT2D eigenvalue weighted by molar-refractivity contribution is 7.98. The molecule has 0 saturated carbocycles. The molecule has 1 N–H and O–H groups in total. The Morgan fingerprint density at radius 1 is 1.00 bits per heavy atom. The highest BCUT2D eigenvalue weighted by Crippen LogP contribution is 2.27. The molecule has 0 spiro atoms. The second kappa shape index (κ2) is 12.2. The van der Waals surface area contributed by atoms with Gasteiger partial charge in [0, 0.05) is 16.1 Å². The van der Waals surface area contributed by atoms with E-state index in [4.69, 9.17) is 25.8 Å². The van der Waals surface area contributed by atoms with Crippen LogP contribution in [0.1, 0.15) is 27.1 Å². The van der Waals surface area contributed by atoms with Crippen LogP contribution >= 0.6 is 23.4 Å². The van der Waals surface area contributed by atoms with Crippen molar-refractivity contribution in [2.24, 2.45) is 0 Å². The van der Waals surface area contributed by atoms with E-state index in [2.05, 4.69) is 5.32 Å². The van der Waals surface area contributed by atoms with Gasteiger partial charge in [0.1, 0.15) is 6.04 Å². The molecule has 0 bridgehead atoms. The zero-order valence-electron chi connectivity index (χ0n) is 17.5. The molecule has 0 heterocycles. The van der Waals surface area contributed by atoms with Crippen LogP contribution in [-0.2, 0) is 9.53 Å². The minimum absolute atomic E-state index is 0.303. The van der Waals surface area contributed by atoms with Gasteiger partial charge in [0.25, 0.3) is 5.91 Å². The van der Waals surface area contributed by atoms with Crippen LogP contribution < -0.4 is 14.8 Å². The largest absolute Gasteiger partial charge is 0.493 e. The second-order valence-electron chi connectivity index (χ2n) is 6.42. The van der Waals surface area contributed by atoms with Gasteiger partial charge in [-0.05, 0) is 60.9 Å². The van der Waals surface area contributed by atoms with Gasteiger partial charge in [0.15, 0.2) is 23.9 Å². The molecule has 9 heteroatoms. The minimum Gasteiger partial charge on any atom is -0.493 e. The number of benzene rings is 2. The van der Waals surface area contributed by atoms with Gasteiger partial charge in [0.05, 0.1) is 14.2 Å². The van der Waals surface area contributed by atoms with Crippen LogP contribution in [0.4, 0.5) is 0 Å². The molecule has 0 radical (unpaired) electrons. The summed E-state index contributed by atoms with van der Waals surface area (Å²) in [6, 6.07) is 10.1. The number of amides is 1. The van der Waals surface area contributed by atoms with Gasteiger partial charge in [-0.1, -0.05) is 11.6 Å². The molecular formula is C22H24ClNO6S. The fourth-order valence-electron chi connectivity index (χ4n) is 2.66. The van der Waals surface area contributed by atoms with Gasteiger partial charge >= 0.3 is 5.97 Å². The lowest BCUT2D eigenvalue weighted by Crippen LogP contribution is -2.42. The van der Waals surface area contributed by atoms with Crippen LogP contribution in [0.2, 0.25) is 5.02 Å². The number of halogens is 1. The quantitative estimate of drug-likeness (QED) is 0.400. The summed E-state index contributed by atoms with van der Waals surface area (Å²) < 4.78 is 15.6. The Balaban J connectivity index is 2.04. The highest BCUT2D eigenvalue weighted by atomic mass is 35.5. The number of carbonyl (C=O) groups is 3. The lowest BCUT2D eigenvalue weighted by molar-refractivity contribution is -0.144. The smallest absolute Gasteiger partial charge is 0.329 e. The summed E-state index contributed by atoms with van der Waals surface area (Å²) in [6.45, 7) is -0.428. The SMILES string of the molecule is COc1ccc(C(=O)NC(CCSC)C(=O)OCC(=O)c2ccc(Cl)cc2)cc1OC. The number of carbonyl (C=O) groups excluding carboxylic acids is 3. The number of Topliss-reactive ketones (excluding diaryl/α,β-unsaturated/α-hetero) is 1. The molecule has 0 aliphatic heterocycles. The number of rotatable bonds is 11. The summed E-state index contributed by atoms with van der Waals surface area (Å²) in [6.07, 6.45) is 2.25. The van der Waals surface area contributed by atoms with Crippen molar-refractivity contribution in [2.75, 3.05) is 32.8 Å². The predicted molar refractivity (Wildman–Crippen MR) is 121 cm³/mol. The first-order valence-corrected chi connectivity index (χ1v) is 11.1. The fraction of sp³-hybridized carbons (Fsp3) is 0.318. The van der Waals surface area contributed by atoms with Crippen LogP contribution in [0.5, 0.6) is 11.5 Å².